The van der Waals surface area contributed by atoms with Gasteiger partial charge in [0.1, 0.15) is 11.6 Å². The number of hydrogen-bond acceptors (Lipinski definition) is 0. The topological polar surface area (TPSA) is 0 Å². The molecule has 0 fully saturated rings. The Morgan fingerprint density at radius 1 is 0.588 bits per heavy atom. The molecule has 0 nitrogen and oxygen atoms in total. The lowest BCUT2D eigenvalue weighted by Crippen LogP contribution is -1.90. The predicted molar refractivity (Wildman–Crippen MR) is 127 cm³/mol. The zero-order valence-corrected chi connectivity index (χ0v) is 18.1. The van der Waals surface area contributed by atoms with Gasteiger partial charge >= 0.3 is 0 Å². The average molecular weight is 454 g/mol. The molecule has 0 unspecified atom stereocenters. The summed E-state index contributed by atoms with van der Waals surface area (Å²) in [5.74, 6) is 8.25. The van der Waals surface area contributed by atoms with Crippen LogP contribution in [0.2, 0.25) is 0 Å². The largest absolute Gasteiger partial charge is 0.206 e. The van der Waals surface area contributed by atoms with E-state index in [-0.39, 0.29) is 11.1 Å². The van der Waals surface area contributed by atoms with Gasteiger partial charge in [-0.3, -0.25) is 0 Å². The van der Waals surface area contributed by atoms with Gasteiger partial charge in [0.05, 0.1) is 11.1 Å². The number of benzene rings is 4. The highest BCUT2D eigenvalue weighted by molar-refractivity contribution is 5.84. The Balaban J connectivity index is 1.53. The highest BCUT2D eigenvalue weighted by Crippen LogP contribution is 2.20. The molecule has 0 aliphatic carbocycles. The molecule has 0 heterocycles. The molecule has 0 saturated heterocycles. The normalized spacial score (nSPS) is 10.2. The van der Waals surface area contributed by atoms with E-state index in [1.807, 2.05) is 6.07 Å². The van der Waals surface area contributed by atoms with Gasteiger partial charge in [0.25, 0.3) is 0 Å². The van der Waals surface area contributed by atoms with Crippen molar-refractivity contribution in [2.45, 2.75) is 12.8 Å². The first kappa shape index (κ1) is 22.9. The van der Waals surface area contributed by atoms with E-state index < -0.39 is 23.3 Å². The fourth-order valence-electron chi connectivity index (χ4n) is 3.38. The number of halogens is 4. The number of aryl methyl sites for hydroxylation is 1. The number of rotatable bonds is 3. The van der Waals surface area contributed by atoms with Gasteiger partial charge in [-0.15, -0.1) is 6.58 Å². The second kappa shape index (κ2) is 10.1. The van der Waals surface area contributed by atoms with Gasteiger partial charge in [-0.2, -0.15) is 0 Å². The first-order valence-corrected chi connectivity index (χ1v) is 10.5. The molecule has 0 aliphatic heterocycles. The Morgan fingerprint density at radius 3 is 1.82 bits per heavy atom. The lowest BCUT2D eigenvalue weighted by atomic mass is 10.1. The Labute approximate surface area is 195 Å². The third kappa shape index (κ3) is 5.37. The Kier molecular flexibility index (Phi) is 6.81. The Bertz CT molecular complexity index is 1520. The molecule has 4 heteroatoms. The summed E-state index contributed by atoms with van der Waals surface area (Å²) in [7, 11) is 0. The number of hydrogen-bond donors (Lipinski definition) is 0. The summed E-state index contributed by atoms with van der Waals surface area (Å²) in [6.45, 7) is 3.66. The minimum atomic E-state index is -0.941. The van der Waals surface area contributed by atoms with Crippen molar-refractivity contribution in [3.63, 3.8) is 0 Å². The van der Waals surface area contributed by atoms with Gasteiger partial charge in [-0.1, -0.05) is 41.9 Å². The van der Waals surface area contributed by atoms with E-state index in [0.717, 1.165) is 24.1 Å². The van der Waals surface area contributed by atoms with Crippen molar-refractivity contribution in [2.24, 2.45) is 0 Å². The molecule has 4 aromatic rings. The number of allylic oxidation sites excluding steroid dienone is 1. The van der Waals surface area contributed by atoms with Crippen molar-refractivity contribution in [1.29, 1.82) is 0 Å². The van der Waals surface area contributed by atoms with Crippen molar-refractivity contribution in [3.05, 3.63) is 130 Å². The van der Waals surface area contributed by atoms with Gasteiger partial charge in [0.15, 0.2) is 11.6 Å². The van der Waals surface area contributed by atoms with E-state index in [9.17, 15) is 17.6 Å². The molecular formula is C30H18F4. The van der Waals surface area contributed by atoms with Crippen LogP contribution in [0.4, 0.5) is 17.6 Å². The first-order valence-electron chi connectivity index (χ1n) is 10.5. The molecular weight excluding hydrogens is 436 g/mol. The second-order valence-corrected chi connectivity index (χ2v) is 7.66. The van der Waals surface area contributed by atoms with Gasteiger partial charge in [-0.25, -0.2) is 17.6 Å². The summed E-state index contributed by atoms with van der Waals surface area (Å²) in [4.78, 5) is 0. The van der Waals surface area contributed by atoms with Crippen LogP contribution in [0.3, 0.4) is 0 Å². The molecule has 0 N–H and O–H groups in total. The molecule has 0 atom stereocenters. The van der Waals surface area contributed by atoms with Crippen LogP contribution in [-0.2, 0) is 6.42 Å². The first-order chi connectivity index (χ1) is 16.4. The van der Waals surface area contributed by atoms with Crippen LogP contribution < -0.4 is 0 Å². The van der Waals surface area contributed by atoms with Gasteiger partial charge < -0.3 is 0 Å². The average Bonchev–Trinajstić information content (AvgIpc) is 2.82. The summed E-state index contributed by atoms with van der Waals surface area (Å²) in [6.07, 6.45) is 3.24. The predicted octanol–water partition coefficient (Wildman–Crippen LogP) is 7.31. The molecule has 0 amide bonds. The van der Waals surface area contributed by atoms with Crippen molar-refractivity contribution >= 4 is 10.8 Å². The fourth-order valence-corrected chi connectivity index (χ4v) is 3.38. The zero-order chi connectivity index (χ0) is 24.1. The maximum absolute atomic E-state index is 14.5. The molecule has 0 bridgehead atoms. The molecule has 4 aromatic carbocycles. The van der Waals surface area contributed by atoms with Gasteiger partial charge in [-0.05, 0) is 83.8 Å². The van der Waals surface area contributed by atoms with E-state index >= 15 is 0 Å². The van der Waals surface area contributed by atoms with Crippen molar-refractivity contribution in [2.75, 3.05) is 0 Å². The molecule has 166 valence electrons. The smallest absolute Gasteiger partial charge is 0.159 e. The molecule has 34 heavy (non-hydrogen) atoms. The Morgan fingerprint density at radius 2 is 1.18 bits per heavy atom. The maximum Gasteiger partial charge on any atom is 0.159 e. The molecule has 0 saturated carbocycles. The van der Waals surface area contributed by atoms with Crippen LogP contribution >= 0.6 is 0 Å². The van der Waals surface area contributed by atoms with Crippen LogP contribution in [-0.4, -0.2) is 0 Å². The van der Waals surface area contributed by atoms with Crippen molar-refractivity contribution in [3.8, 4) is 23.7 Å². The van der Waals surface area contributed by atoms with E-state index in [2.05, 4.69) is 30.3 Å². The van der Waals surface area contributed by atoms with Crippen molar-refractivity contribution in [1.82, 2.24) is 0 Å². The maximum atomic E-state index is 14.5. The van der Waals surface area contributed by atoms with E-state index in [1.54, 1.807) is 36.4 Å². The summed E-state index contributed by atoms with van der Waals surface area (Å²) >= 11 is 0. The molecule has 0 aromatic heterocycles. The third-order valence-corrected chi connectivity index (χ3v) is 5.20. The molecule has 0 spiro atoms. The quantitative estimate of drug-likeness (QED) is 0.173. The van der Waals surface area contributed by atoms with E-state index in [0.29, 0.717) is 28.3 Å². The third-order valence-electron chi connectivity index (χ3n) is 5.20. The highest BCUT2D eigenvalue weighted by atomic mass is 19.2. The summed E-state index contributed by atoms with van der Waals surface area (Å²) in [5, 5.41) is 1.04. The Hall–Kier alpha value is -4.28. The van der Waals surface area contributed by atoms with E-state index in [4.69, 9.17) is 0 Å². The fraction of sp³-hybridized carbons (Fsp3) is 0.0667. The van der Waals surface area contributed by atoms with Gasteiger partial charge in [0, 0.05) is 11.1 Å². The molecule has 0 radical (unpaired) electrons. The summed E-state index contributed by atoms with van der Waals surface area (Å²) in [6, 6.07) is 16.3. The van der Waals surface area contributed by atoms with Crippen LogP contribution in [0.25, 0.3) is 10.8 Å². The zero-order valence-electron chi connectivity index (χ0n) is 18.1. The van der Waals surface area contributed by atoms with Crippen LogP contribution in [0, 0.1) is 47.0 Å². The van der Waals surface area contributed by atoms with Gasteiger partial charge in [0.2, 0.25) is 0 Å². The standard InChI is InChI=1S/C30H18F4/c1-2-3-4-20-5-10-23(27(31)16-20)12-7-22-8-13-24(28(32)17-22)11-6-21-9-14-25-18-29(33)30(34)19-26(25)15-21/h2,5,8-10,13-19H,1,3-4H2. The minimum absolute atomic E-state index is 0.161. The molecule has 0 aliphatic rings. The lowest BCUT2D eigenvalue weighted by Gasteiger charge is -2.01. The summed E-state index contributed by atoms with van der Waals surface area (Å²) < 4.78 is 55.6. The lowest BCUT2D eigenvalue weighted by molar-refractivity contribution is 0.511. The van der Waals surface area contributed by atoms with Crippen LogP contribution in [0.15, 0.2) is 79.4 Å². The SMILES string of the molecule is C=CCCc1ccc(C#Cc2ccc(C#Cc3ccc4cc(F)c(F)cc4c3)c(F)c2)c(F)c1. The highest BCUT2D eigenvalue weighted by Gasteiger charge is 2.05. The van der Waals surface area contributed by atoms with Crippen molar-refractivity contribution < 1.29 is 17.6 Å². The van der Waals surface area contributed by atoms with Crippen LogP contribution in [0.1, 0.15) is 34.2 Å². The summed E-state index contributed by atoms with van der Waals surface area (Å²) in [5.41, 5.74) is 2.18. The van der Waals surface area contributed by atoms with E-state index in [1.165, 1.54) is 18.2 Å². The minimum Gasteiger partial charge on any atom is -0.206 e. The number of fused-ring (bicyclic) bond motifs is 1. The molecule has 4 rings (SSSR count). The van der Waals surface area contributed by atoms with Crippen LogP contribution in [0.5, 0.6) is 0 Å². The second-order valence-electron chi connectivity index (χ2n) is 7.66. The monoisotopic (exact) mass is 454 g/mol.